The van der Waals surface area contributed by atoms with E-state index in [1.165, 1.54) is 6.42 Å². The van der Waals surface area contributed by atoms with E-state index in [0.29, 0.717) is 32.6 Å². The summed E-state index contributed by atoms with van der Waals surface area (Å²) >= 11 is 1.76. The average Bonchev–Trinajstić information content (AvgIpc) is 3.57. The molecule has 1 aliphatic carbocycles. The van der Waals surface area contributed by atoms with Crippen LogP contribution >= 0.6 is 11.8 Å². The van der Waals surface area contributed by atoms with Gasteiger partial charge in [0.05, 0.1) is 16.6 Å². The number of carbonyl (C=O) groups is 3. The van der Waals surface area contributed by atoms with Crippen molar-refractivity contribution in [2.24, 2.45) is 11.8 Å². The molecule has 0 aromatic carbocycles. The Morgan fingerprint density at radius 3 is 2.47 bits per heavy atom. The summed E-state index contributed by atoms with van der Waals surface area (Å²) in [6.45, 7) is 12.1. The van der Waals surface area contributed by atoms with E-state index in [2.05, 4.69) is 20.1 Å². The van der Waals surface area contributed by atoms with Crippen LogP contribution in [0.1, 0.15) is 77.6 Å². The Labute approximate surface area is 233 Å². The SMILES string of the molecule is C=CCN(CCC)C(=O)[C@@H]1[C@@H]2CCC3(S2)C(C(=O)N(CC=C)C2CCCCC2)N(CCCCCO)C(=O)[C@H]13. The molecule has 1 spiro atoms. The fourth-order valence-corrected chi connectivity index (χ4v) is 9.77. The zero-order valence-corrected chi connectivity index (χ0v) is 24.0. The van der Waals surface area contributed by atoms with Crippen molar-refractivity contribution in [2.45, 2.75) is 99.6 Å². The first-order chi connectivity index (χ1) is 18.4. The number of carbonyl (C=O) groups excluding carboxylic acids is 3. The molecule has 3 amide bonds. The molecule has 1 saturated carbocycles. The van der Waals surface area contributed by atoms with Crippen molar-refractivity contribution in [2.75, 3.05) is 32.8 Å². The third-order valence-electron chi connectivity index (χ3n) is 9.16. The Hall–Kier alpha value is -1.80. The van der Waals surface area contributed by atoms with E-state index < -0.39 is 16.7 Å². The molecule has 3 aliphatic heterocycles. The topological polar surface area (TPSA) is 81.2 Å². The highest BCUT2D eigenvalue weighted by atomic mass is 32.2. The first-order valence-electron chi connectivity index (χ1n) is 14.8. The summed E-state index contributed by atoms with van der Waals surface area (Å²) in [4.78, 5) is 48.4. The predicted octanol–water partition coefficient (Wildman–Crippen LogP) is 4.01. The van der Waals surface area contributed by atoms with Crippen LogP contribution in [0.25, 0.3) is 0 Å². The quantitative estimate of drug-likeness (QED) is 0.264. The molecule has 4 rings (SSSR count). The van der Waals surface area contributed by atoms with E-state index >= 15 is 0 Å². The average molecular weight is 546 g/mol. The predicted molar refractivity (Wildman–Crippen MR) is 153 cm³/mol. The van der Waals surface area contributed by atoms with Gasteiger partial charge in [-0.2, -0.15) is 0 Å². The van der Waals surface area contributed by atoms with Crippen molar-refractivity contribution in [3.63, 3.8) is 0 Å². The molecule has 1 N–H and O–H groups in total. The zero-order valence-electron chi connectivity index (χ0n) is 23.2. The maximum atomic E-state index is 14.5. The minimum atomic E-state index is -0.545. The molecular formula is C30H47N3O4S. The second-order valence-electron chi connectivity index (χ2n) is 11.5. The number of thioether (sulfide) groups is 1. The van der Waals surface area contributed by atoms with Gasteiger partial charge in [-0.25, -0.2) is 0 Å². The van der Waals surface area contributed by atoms with Crippen LogP contribution in [-0.2, 0) is 14.4 Å². The number of hydrogen-bond acceptors (Lipinski definition) is 5. The largest absolute Gasteiger partial charge is 0.396 e. The van der Waals surface area contributed by atoms with Gasteiger partial charge in [0.1, 0.15) is 6.04 Å². The van der Waals surface area contributed by atoms with Gasteiger partial charge in [0.2, 0.25) is 17.7 Å². The maximum absolute atomic E-state index is 14.5. The van der Waals surface area contributed by atoms with Crippen molar-refractivity contribution >= 4 is 29.5 Å². The van der Waals surface area contributed by atoms with Crippen molar-refractivity contribution in [3.05, 3.63) is 25.3 Å². The van der Waals surface area contributed by atoms with Crippen LogP contribution in [0.2, 0.25) is 0 Å². The van der Waals surface area contributed by atoms with Gasteiger partial charge in [-0.15, -0.1) is 24.9 Å². The molecule has 3 saturated heterocycles. The van der Waals surface area contributed by atoms with E-state index in [4.69, 9.17) is 0 Å². The van der Waals surface area contributed by atoms with E-state index in [9.17, 15) is 19.5 Å². The Morgan fingerprint density at radius 1 is 1.08 bits per heavy atom. The molecule has 0 aromatic heterocycles. The normalized spacial score (nSPS) is 30.4. The van der Waals surface area contributed by atoms with Gasteiger partial charge in [-0.1, -0.05) is 38.3 Å². The maximum Gasteiger partial charge on any atom is 0.247 e. The van der Waals surface area contributed by atoms with Gasteiger partial charge < -0.3 is 19.8 Å². The number of hydrogen-bond donors (Lipinski definition) is 1. The molecule has 2 unspecified atom stereocenters. The molecule has 7 nitrogen and oxygen atoms in total. The smallest absolute Gasteiger partial charge is 0.247 e. The highest BCUT2D eigenvalue weighted by Gasteiger charge is 2.74. The van der Waals surface area contributed by atoms with Crippen LogP contribution in [0, 0.1) is 11.8 Å². The molecule has 38 heavy (non-hydrogen) atoms. The third kappa shape index (κ3) is 5.32. The summed E-state index contributed by atoms with van der Waals surface area (Å²) in [5.74, 6) is -0.752. The van der Waals surface area contributed by atoms with Crippen molar-refractivity contribution in [1.82, 2.24) is 14.7 Å². The lowest BCUT2D eigenvalue weighted by Gasteiger charge is -2.41. The Morgan fingerprint density at radius 2 is 1.82 bits per heavy atom. The zero-order chi connectivity index (χ0) is 27.3. The minimum absolute atomic E-state index is 0.0161. The highest BCUT2D eigenvalue weighted by molar-refractivity contribution is 8.02. The monoisotopic (exact) mass is 545 g/mol. The van der Waals surface area contributed by atoms with E-state index in [1.54, 1.807) is 17.8 Å². The fourth-order valence-electron chi connectivity index (χ4n) is 7.56. The van der Waals surface area contributed by atoms with E-state index in [1.807, 2.05) is 20.8 Å². The lowest BCUT2D eigenvalue weighted by Crippen LogP contribution is -2.57. The molecule has 4 aliphatic rings. The Kier molecular flexibility index (Phi) is 10.0. The standard InChI is InChI=1S/C30H47N3O4S/c1-4-17-31(18-5-2)27(35)24-23-15-16-30(38-23)25(24)28(36)33(20-11-8-12-21-34)26(30)29(37)32(19-6-3)22-13-9-7-10-14-22/h4,6,22-26,34H,1,3,5,7-21H2,2H3/t23-,24+,25-,26?,30?/m0/s1. The molecule has 5 atom stereocenters. The van der Waals surface area contributed by atoms with Gasteiger partial charge in [-0.05, 0) is 51.4 Å². The number of amides is 3. The Balaban J connectivity index is 1.68. The molecule has 8 heteroatoms. The summed E-state index contributed by atoms with van der Waals surface area (Å²) < 4.78 is -0.545. The number of aliphatic hydroxyl groups excluding tert-OH is 1. The summed E-state index contributed by atoms with van der Waals surface area (Å²) in [7, 11) is 0. The van der Waals surface area contributed by atoms with Crippen LogP contribution in [0.3, 0.4) is 0 Å². The van der Waals surface area contributed by atoms with E-state index in [-0.39, 0.29) is 41.5 Å². The summed E-state index contributed by atoms with van der Waals surface area (Å²) in [6.07, 6.45) is 13.8. The molecule has 4 fully saturated rings. The molecular weight excluding hydrogens is 498 g/mol. The minimum Gasteiger partial charge on any atom is -0.396 e. The lowest BCUT2D eigenvalue weighted by molar-refractivity contribution is -0.145. The van der Waals surface area contributed by atoms with Gasteiger partial charge in [0, 0.05) is 44.1 Å². The number of unbranched alkanes of at least 4 members (excludes halogenated alkanes) is 2. The molecule has 212 valence electrons. The number of nitrogens with zero attached hydrogens (tertiary/aromatic N) is 3. The lowest BCUT2D eigenvalue weighted by atomic mass is 9.70. The summed E-state index contributed by atoms with van der Waals surface area (Å²) in [5.41, 5.74) is 0. The third-order valence-corrected chi connectivity index (χ3v) is 11.1. The number of aliphatic hydroxyl groups is 1. The van der Waals surface area contributed by atoms with Crippen LogP contribution in [-0.4, -0.2) is 92.4 Å². The molecule has 0 aromatic rings. The second kappa shape index (κ2) is 13.0. The van der Waals surface area contributed by atoms with Gasteiger partial charge in [0.15, 0.2) is 0 Å². The van der Waals surface area contributed by atoms with Crippen LogP contribution in [0.15, 0.2) is 25.3 Å². The fraction of sp³-hybridized carbons (Fsp3) is 0.767. The highest BCUT2D eigenvalue weighted by Crippen LogP contribution is 2.66. The van der Waals surface area contributed by atoms with Gasteiger partial charge in [-0.3, -0.25) is 14.4 Å². The summed E-state index contributed by atoms with van der Waals surface area (Å²) in [5, 5.41) is 9.35. The molecule has 2 bridgehead atoms. The first-order valence-corrected chi connectivity index (χ1v) is 15.7. The van der Waals surface area contributed by atoms with Crippen molar-refractivity contribution in [1.29, 1.82) is 0 Å². The van der Waals surface area contributed by atoms with Crippen LogP contribution in [0.5, 0.6) is 0 Å². The number of likely N-dealkylation sites (tertiary alicyclic amines) is 1. The van der Waals surface area contributed by atoms with Gasteiger partial charge >= 0.3 is 0 Å². The molecule has 3 heterocycles. The van der Waals surface area contributed by atoms with Crippen LogP contribution in [0.4, 0.5) is 0 Å². The Bertz CT molecular complexity index is 891. The molecule has 0 radical (unpaired) electrons. The summed E-state index contributed by atoms with van der Waals surface area (Å²) in [6, 6.07) is -0.354. The van der Waals surface area contributed by atoms with E-state index in [0.717, 1.165) is 57.8 Å². The number of fused-ring (bicyclic) bond motifs is 1. The van der Waals surface area contributed by atoms with Crippen LogP contribution < -0.4 is 0 Å². The van der Waals surface area contributed by atoms with Gasteiger partial charge in [0.25, 0.3) is 0 Å². The second-order valence-corrected chi connectivity index (χ2v) is 13.1. The van der Waals surface area contributed by atoms with Crippen molar-refractivity contribution in [3.8, 4) is 0 Å². The van der Waals surface area contributed by atoms with Crippen molar-refractivity contribution < 1.29 is 19.5 Å². The number of rotatable bonds is 14. The first kappa shape index (κ1) is 29.2.